The minimum absolute atomic E-state index is 0.0946. The zero-order valence-electron chi connectivity index (χ0n) is 11.3. The van der Waals surface area contributed by atoms with Crippen molar-refractivity contribution in [1.82, 2.24) is 0 Å². The fourth-order valence-electron chi connectivity index (χ4n) is 7.34. The minimum atomic E-state index is -0.250. The highest BCUT2D eigenvalue weighted by molar-refractivity contribution is 5.94. The van der Waals surface area contributed by atoms with Crippen LogP contribution in [0, 0.1) is 40.9 Å². The van der Waals surface area contributed by atoms with Crippen molar-refractivity contribution >= 4 is 11.6 Å². The number of ketones is 2. The van der Waals surface area contributed by atoms with E-state index in [9.17, 15) is 9.59 Å². The summed E-state index contributed by atoms with van der Waals surface area (Å²) in [5, 5.41) is 0. The third-order valence-corrected chi connectivity index (χ3v) is 7.41. The molecule has 0 heterocycles. The molecular formula is C16H20O3. The summed E-state index contributed by atoms with van der Waals surface area (Å²) in [4.78, 5) is 25.2. The van der Waals surface area contributed by atoms with E-state index in [1.807, 2.05) is 0 Å². The normalized spacial score (nSPS) is 61.0. The van der Waals surface area contributed by atoms with Gasteiger partial charge in [0, 0.05) is 25.9 Å². The first-order valence-electron chi connectivity index (χ1n) is 7.78. The molecule has 0 bridgehead atoms. The summed E-state index contributed by atoms with van der Waals surface area (Å²) >= 11 is 0. The Kier molecular flexibility index (Phi) is 1.82. The summed E-state index contributed by atoms with van der Waals surface area (Å²) in [5.41, 5.74) is -0.250. The molecule has 0 aromatic carbocycles. The first-order chi connectivity index (χ1) is 9.19. The summed E-state index contributed by atoms with van der Waals surface area (Å²) in [5.74, 6) is 3.63. The third-order valence-electron chi connectivity index (χ3n) is 7.41. The van der Waals surface area contributed by atoms with E-state index in [0.29, 0.717) is 41.2 Å². The molecule has 0 aromatic heterocycles. The molecule has 0 aromatic rings. The fourth-order valence-corrected chi connectivity index (χ4v) is 7.34. The van der Waals surface area contributed by atoms with Gasteiger partial charge in [-0.25, -0.2) is 0 Å². The van der Waals surface area contributed by atoms with Crippen LogP contribution in [0.4, 0.5) is 0 Å². The Labute approximate surface area is 113 Å². The largest absolute Gasteiger partial charge is 0.380 e. The predicted molar refractivity (Wildman–Crippen MR) is 67.3 cm³/mol. The average Bonchev–Trinajstić information content (AvgIpc) is 3.05. The molecule has 0 aliphatic heterocycles. The quantitative estimate of drug-likeness (QED) is 0.722. The van der Waals surface area contributed by atoms with Crippen molar-refractivity contribution in [2.24, 2.45) is 40.9 Å². The Morgan fingerprint density at radius 3 is 2.79 bits per heavy atom. The van der Waals surface area contributed by atoms with Crippen LogP contribution in [0.3, 0.4) is 0 Å². The molecule has 19 heavy (non-hydrogen) atoms. The van der Waals surface area contributed by atoms with E-state index in [0.717, 1.165) is 32.1 Å². The maximum atomic E-state index is 12.8. The monoisotopic (exact) mass is 260 g/mol. The van der Waals surface area contributed by atoms with Gasteiger partial charge >= 0.3 is 0 Å². The van der Waals surface area contributed by atoms with Crippen LogP contribution < -0.4 is 0 Å². The molecule has 0 radical (unpaired) electrons. The smallest absolute Gasteiger partial charge is 0.142 e. The number of fused-ring (bicyclic) bond motifs is 1. The highest BCUT2D eigenvalue weighted by Gasteiger charge is 2.79. The molecule has 3 nitrogen and oxygen atoms in total. The predicted octanol–water partition coefficient (Wildman–Crippen LogP) is 1.84. The lowest BCUT2D eigenvalue weighted by Gasteiger charge is -2.35. The Balaban J connectivity index is 1.74. The van der Waals surface area contributed by atoms with Crippen molar-refractivity contribution in [2.45, 2.75) is 38.2 Å². The second-order valence-corrected chi connectivity index (χ2v) is 7.52. The van der Waals surface area contributed by atoms with Crippen LogP contribution in [0.5, 0.6) is 0 Å². The van der Waals surface area contributed by atoms with Gasteiger partial charge in [0.25, 0.3) is 0 Å². The van der Waals surface area contributed by atoms with Gasteiger partial charge in [-0.15, -0.1) is 0 Å². The van der Waals surface area contributed by atoms with Gasteiger partial charge in [0.1, 0.15) is 11.6 Å². The number of hydrogen-bond donors (Lipinski definition) is 0. The number of hydrogen-bond acceptors (Lipinski definition) is 3. The molecule has 7 unspecified atom stereocenters. The summed E-state index contributed by atoms with van der Waals surface area (Å²) in [6.45, 7) is 0. The molecule has 0 amide bonds. The third kappa shape index (κ3) is 0.921. The van der Waals surface area contributed by atoms with E-state index in [1.165, 1.54) is 0 Å². The van der Waals surface area contributed by atoms with Crippen molar-refractivity contribution < 1.29 is 14.3 Å². The van der Waals surface area contributed by atoms with Crippen molar-refractivity contribution in [3.05, 3.63) is 0 Å². The molecule has 5 aliphatic carbocycles. The number of Topliss-reactive ketones (excluding diaryl/α,β-unsaturated/α-hetero) is 2. The summed E-state index contributed by atoms with van der Waals surface area (Å²) < 4.78 is 5.74. The van der Waals surface area contributed by atoms with E-state index >= 15 is 0 Å². The van der Waals surface area contributed by atoms with Gasteiger partial charge in [-0.05, 0) is 48.9 Å². The van der Waals surface area contributed by atoms with Crippen molar-refractivity contribution in [1.29, 1.82) is 0 Å². The molecule has 5 saturated carbocycles. The molecule has 0 saturated heterocycles. The zero-order chi connectivity index (χ0) is 12.9. The van der Waals surface area contributed by atoms with Crippen LogP contribution in [-0.2, 0) is 14.3 Å². The SMILES string of the molecule is CO[C@H]1CCC2C3C(=O)CC4CC5CC(=O)C21C5C43. The molecule has 8 atom stereocenters. The maximum Gasteiger partial charge on any atom is 0.142 e. The van der Waals surface area contributed by atoms with Crippen molar-refractivity contribution in [3.8, 4) is 0 Å². The summed E-state index contributed by atoms with van der Waals surface area (Å²) in [7, 11) is 1.75. The topological polar surface area (TPSA) is 43.4 Å². The number of carbonyl (C=O) groups is 2. The zero-order valence-corrected chi connectivity index (χ0v) is 11.3. The standard InChI is InChI=1S/C16H20O3/c1-19-12-3-2-9-14-10(17)5-7-4-8-6-11(18)16(9,12)15(8)13(7)14/h7-9,12-15H,2-6H2,1H3/t7?,8?,9?,12-,13?,14?,15?,16?/m0/s1. The lowest BCUT2D eigenvalue weighted by molar-refractivity contribution is -0.137. The highest BCUT2D eigenvalue weighted by atomic mass is 16.5. The van der Waals surface area contributed by atoms with E-state index < -0.39 is 0 Å². The highest BCUT2D eigenvalue weighted by Crippen LogP contribution is 2.76. The maximum absolute atomic E-state index is 12.8. The Morgan fingerprint density at radius 1 is 1.16 bits per heavy atom. The molecule has 5 fully saturated rings. The Morgan fingerprint density at radius 2 is 2.00 bits per heavy atom. The van der Waals surface area contributed by atoms with Crippen LogP contribution in [0.15, 0.2) is 0 Å². The molecule has 1 spiro atoms. The molecule has 102 valence electrons. The van der Waals surface area contributed by atoms with E-state index in [4.69, 9.17) is 4.74 Å². The Hall–Kier alpha value is -0.700. The number of methoxy groups -OCH3 is 1. The van der Waals surface area contributed by atoms with Crippen molar-refractivity contribution in [3.63, 3.8) is 0 Å². The van der Waals surface area contributed by atoms with Crippen LogP contribution in [0.25, 0.3) is 0 Å². The minimum Gasteiger partial charge on any atom is -0.380 e. The van der Waals surface area contributed by atoms with E-state index in [-0.39, 0.29) is 17.4 Å². The van der Waals surface area contributed by atoms with Gasteiger partial charge in [0.15, 0.2) is 0 Å². The van der Waals surface area contributed by atoms with Gasteiger partial charge in [-0.2, -0.15) is 0 Å². The first-order valence-corrected chi connectivity index (χ1v) is 7.78. The molecule has 3 heteroatoms. The Bertz CT molecular complexity index is 498. The van der Waals surface area contributed by atoms with E-state index in [1.54, 1.807) is 7.11 Å². The van der Waals surface area contributed by atoms with Gasteiger partial charge in [-0.1, -0.05) is 0 Å². The van der Waals surface area contributed by atoms with Crippen LogP contribution in [0.2, 0.25) is 0 Å². The van der Waals surface area contributed by atoms with E-state index in [2.05, 4.69) is 0 Å². The molecule has 5 rings (SSSR count). The van der Waals surface area contributed by atoms with Crippen LogP contribution in [0.1, 0.15) is 32.1 Å². The number of ether oxygens (including phenoxy) is 1. The van der Waals surface area contributed by atoms with Gasteiger partial charge in [0.05, 0.1) is 11.5 Å². The summed E-state index contributed by atoms with van der Waals surface area (Å²) in [6, 6.07) is 0. The first kappa shape index (κ1) is 11.0. The van der Waals surface area contributed by atoms with Gasteiger partial charge in [-0.3, -0.25) is 9.59 Å². The van der Waals surface area contributed by atoms with Crippen LogP contribution >= 0.6 is 0 Å². The molecule has 5 aliphatic rings. The number of rotatable bonds is 1. The molecular weight excluding hydrogens is 240 g/mol. The average molecular weight is 260 g/mol. The van der Waals surface area contributed by atoms with Crippen LogP contribution in [-0.4, -0.2) is 24.8 Å². The lowest BCUT2D eigenvalue weighted by Crippen LogP contribution is -2.43. The second-order valence-electron chi connectivity index (χ2n) is 7.52. The summed E-state index contributed by atoms with van der Waals surface area (Å²) in [6.07, 6.45) is 4.83. The lowest BCUT2D eigenvalue weighted by atomic mass is 9.71. The fraction of sp³-hybridized carbons (Fsp3) is 0.875. The van der Waals surface area contributed by atoms with Gasteiger partial charge in [0.2, 0.25) is 0 Å². The second kappa shape index (κ2) is 3.13. The molecule has 0 N–H and O–H groups in total. The van der Waals surface area contributed by atoms with Gasteiger partial charge < -0.3 is 4.74 Å². The number of carbonyl (C=O) groups excluding carboxylic acids is 2. The van der Waals surface area contributed by atoms with Crippen molar-refractivity contribution in [2.75, 3.05) is 7.11 Å².